The van der Waals surface area contributed by atoms with Gasteiger partial charge in [-0.3, -0.25) is 25.0 Å². The number of hydrogen-bond donors (Lipinski definition) is 0. The van der Waals surface area contributed by atoms with Gasteiger partial charge in [0.25, 0.3) is 0 Å². The van der Waals surface area contributed by atoms with Crippen LogP contribution < -0.4 is 0 Å². The molecule has 141 valence electrons. The van der Waals surface area contributed by atoms with E-state index in [2.05, 4.69) is 31.2 Å². The first-order chi connectivity index (χ1) is 12.0. The highest BCUT2D eigenvalue weighted by molar-refractivity contribution is 5.59. The SMILES string of the molecule is CCCCCC=CCC=CCCCCCCC([C]=O)([N+](=O)[O-])[N+](=O)[O-]. The average Bonchev–Trinajstić information content (AvgIpc) is 2.58. The maximum atomic E-state index is 10.7. The highest BCUT2D eigenvalue weighted by Gasteiger charge is 2.57. The fourth-order valence-corrected chi connectivity index (χ4v) is 2.38. The van der Waals surface area contributed by atoms with E-state index in [1.165, 1.54) is 19.3 Å². The smallest absolute Gasteiger partial charge is 0.273 e. The monoisotopic (exact) mass is 353 g/mol. The Morgan fingerprint density at radius 2 is 1.36 bits per heavy atom. The molecule has 0 aromatic heterocycles. The molecule has 0 aliphatic rings. The van der Waals surface area contributed by atoms with Crippen molar-refractivity contribution in [1.82, 2.24) is 0 Å². The van der Waals surface area contributed by atoms with Gasteiger partial charge in [-0.2, -0.15) is 0 Å². The first-order valence-electron chi connectivity index (χ1n) is 8.99. The normalized spacial score (nSPS) is 12.0. The van der Waals surface area contributed by atoms with Crippen LogP contribution in [0.3, 0.4) is 0 Å². The van der Waals surface area contributed by atoms with Gasteiger partial charge in [-0.25, -0.2) is 0 Å². The first kappa shape index (κ1) is 22.9. The molecule has 0 spiro atoms. The summed E-state index contributed by atoms with van der Waals surface area (Å²) in [5.41, 5.74) is -2.80. The van der Waals surface area contributed by atoms with E-state index in [9.17, 15) is 25.0 Å². The Bertz CT molecular complexity index is 446. The lowest BCUT2D eigenvalue weighted by molar-refractivity contribution is -0.772. The topological polar surface area (TPSA) is 103 Å². The van der Waals surface area contributed by atoms with Gasteiger partial charge in [-0.15, -0.1) is 0 Å². The van der Waals surface area contributed by atoms with Crippen LogP contribution in [0.5, 0.6) is 0 Å². The standard InChI is InChI=1S/C18H29N2O5/c1-2-3-4-5-6-7-8-9-10-11-12-13-14-15-16-18(17-21,19(22)23)20(24)25/h6-7,9-10H,2-5,8,11-16H2,1H3. The van der Waals surface area contributed by atoms with Gasteiger partial charge in [0.2, 0.25) is 0 Å². The van der Waals surface area contributed by atoms with E-state index in [0.717, 1.165) is 38.4 Å². The van der Waals surface area contributed by atoms with Crippen molar-refractivity contribution in [3.05, 3.63) is 44.5 Å². The molecule has 0 aliphatic heterocycles. The molecule has 0 saturated carbocycles. The summed E-state index contributed by atoms with van der Waals surface area (Å²) in [4.78, 5) is 29.8. The van der Waals surface area contributed by atoms with Crippen molar-refractivity contribution < 1.29 is 14.6 Å². The molecule has 0 unspecified atom stereocenters. The summed E-state index contributed by atoms with van der Waals surface area (Å²) < 4.78 is 0. The van der Waals surface area contributed by atoms with Crippen LogP contribution in [0.2, 0.25) is 0 Å². The van der Waals surface area contributed by atoms with Gasteiger partial charge in [-0.1, -0.05) is 56.9 Å². The number of nitrogens with zero attached hydrogens (tertiary/aromatic N) is 2. The summed E-state index contributed by atoms with van der Waals surface area (Å²) in [7, 11) is 0. The number of allylic oxidation sites excluding steroid dienone is 4. The predicted octanol–water partition coefficient (Wildman–Crippen LogP) is 4.77. The zero-order valence-electron chi connectivity index (χ0n) is 15.0. The van der Waals surface area contributed by atoms with Gasteiger partial charge in [0, 0.05) is 0 Å². The molecule has 0 bridgehead atoms. The lowest BCUT2D eigenvalue weighted by Gasteiger charge is -2.09. The molecule has 25 heavy (non-hydrogen) atoms. The van der Waals surface area contributed by atoms with Crippen molar-refractivity contribution in [1.29, 1.82) is 0 Å². The third-order valence-electron chi connectivity index (χ3n) is 3.99. The third kappa shape index (κ3) is 9.74. The molecule has 0 N–H and O–H groups in total. The summed E-state index contributed by atoms with van der Waals surface area (Å²) >= 11 is 0. The Balaban J connectivity index is 3.76. The number of hydrogen-bond acceptors (Lipinski definition) is 5. The molecule has 0 fully saturated rings. The van der Waals surface area contributed by atoms with E-state index >= 15 is 0 Å². The zero-order valence-corrected chi connectivity index (χ0v) is 15.0. The summed E-state index contributed by atoms with van der Waals surface area (Å²) in [6.07, 6.45) is 18.5. The van der Waals surface area contributed by atoms with Gasteiger partial charge in [0.1, 0.15) is 9.85 Å². The molecule has 0 atom stereocenters. The summed E-state index contributed by atoms with van der Waals surface area (Å²) in [5.74, 6) is 0. The van der Waals surface area contributed by atoms with Crippen molar-refractivity contribution in [2.24, 2.45) is 0 Å². The average molecular weight is 353 g/mol. The van der Waals surface area contributed by atoms with Crippen LogP contribution in [0.1, 0.15) is 77.6 Å². The van der Waals surface area contributed by atoms with Crippen LogP contribution in [-0.2, 0) is 4.79 Å². The van der Waals surface area contributed by atoms with Gasteiger partial charge < -0.3 is 0 Å². The van der Waals surface area contributed by atoms with Crippen molar-refractivity contribution in [3.8, 4) is 0 Å². The molecule has 0 amide bonds. The van der Waals surface area contributed by atoms with Crippen molar-refractivity contribution >= 4 is 6.29 Å². The molecule has 0 aliphatic carbocycles. The third-order valence-corrected chi connectivity index (χ3v) is 3.99. The molecule has 0 rings (SSSR count). The number of carbonyl (C=O) groups excluding carboxylic acids is 1. The summed E-state index contributed by atoms with van der Waals surface area (Å²) in [6.45, 7) is 2.19. The number of nitro groups is 2. The molecular formula is C18H29N2O5. The van der Waals surface area contributed by atoms with Crippen molar-refractivity contribution in [3.63, 3.8) is 0 Å². The molecule has 0 aromatic carbocycles. The second kappa shape index (κ2) is 14.3. The van der Waals surface area contributed by atoms with Crippen LogP contribution >= 0.6 is 0 Å². The molecular weight excluding hydrogens is 324 g/mol. The molecule has 1 radical (unpaired) electrons. The Morgan fingerprint density at radius 1 is 0.840 bits per heavy atom. The van der Waals surface area contributed by atoms with Gasteiger partial charge in [0.05, 0.1) is 6.42 Å². The van der Waals surface area contributed by atoms with E-state index in [1.807, 2.05) is 0 Å². The van der Waals surface area contributed by atoms with Crippen molar-refractivity contribution in [2.75, 3.05) is 0 Å². The molecule has 7 nitrogen and oxygen atoms in total. The zero-order chi connectivity index (χ0) is 19.0. The van der Waals surface area contributed by atoms with Crippen LogP contribution in [0.15, 0.2) is 24.3 Å². The van der Waals surface area contributed by atoms with Crippen LogP contribution in [0, 0.1) is 20.2 Å². The lowest BCUT2D eigenvalue weighted by atomic mass is 10.0. The highest BCUT2D eigenvalue weighted by atomic mass is 16.7. The Hall–Kier alpha value is -2.05. The Morgan fingerprint density at radius 3 is 1.84 bits per heavy atom. The summed E-state index contributed by atoms with van der Waals surface area (Å²) in [6, 6.07) is 0. The van der Waals surface area contributed by atoms with Crippen LogP contribution in [-0.4, -0.2) is 21.8 Å². The molecule has 0 aromatic rings. The van der Waals surface area contributed by atoms with E-state index in [0.29, 0.717) is 6.42 Å². The van der Waals surface area contributed by atoms with E-state index in [-0.39, 0.29) is 6.42 Å². The minimum absolute atomic E-state index is 0.265. The van der Waals surface area contributed by atoms with Crippen molar-refractivity contribution in [2.45, 2.75) is 83.2 Å². The van der Waals surface area contributed by atoms with Gasteiger partial charge >= 0.3 is 11.9 Å². The largest absolute Gasteiger partial charge is 0.523 e. The minimum atomic E-state index is -2.80. The fraction of sp³-hybridized carbons (Fsp3) is 0.722. The fourth-order valence-electron chi connectivity index (χ4n) is 2.38. The maximum Gasteiger partial charge on any atom is 0.523 e. The first-order valence-corrected chi connectivity index (χ1v) is 8.99. The summed E-state index contributed by atoms with van der Waals surface area (Å²) in [5, 5.41) is 21.5. The number of unbranched alkanes of at least 4 members (excludes halogenated alkanes) is 7. The Labute approximate surface area is 149 Å². The van der Waals surface area contributed by atoms with Gasteiger partial charge in [0.15, 0.2) is 0 Å². The molecule has 0 saturated heterocycles. The highest BCUT2D eigenvalue weighted by Crippen LogP contribution is 2.18. The molecule has 7 heteroatoms. The molecule has 0 heterocycles. The second-order valence-electron chi connectivity index (χ2n) is 6.06. The lowest BCUT2D eigenvalue weighted by Crippen LogP contribution is -2.47. The Kier molecular flexibility index (Phi) is 13.1. The van der Waals surface area contributed by atoms with Gasteiger partial charge in [-0.05, 0) is 38.5 Å². The second-order valence-corrected chi connectivity index (χ2v) is 6.06. The number of rotatable bonds is 16. The van der Waals surface area contributed by atoms with Crippen LogP contribution in [0.4, 0.5) is 0 Å². The van der Waals surface area contributed by atoms with E-state index < -0.39 is 21.9 Å². The maximum absolute atomic E-state index is 10.7. The predicted molar refractivity (Wildman–Crippen MR) is 97.2 cm³/mol. The minimum Gasteiger partial charge on any atom is -0.273 e. The van der Waals surface area contributed by atoms with Crippen LogP contribution in [0.25, 0.3) is 0 Å². The van der Waals surface area contributed by atoms with E-state index in [4.69, 9.17) is 0 Å². The van der Waals surface area contributed by atoms with E-state index in [1.54, 1.807) is 0 Å². The quantitative estimate of drug-likeness (QED) is 0.131.